The van der Waals surface area contributed by atoms with Gasteiger partial charge in [0.2, 0.25) is 5.91 Å². The fraction of sp³-hybridized carbons (Fsp3) is 0.500. The van der Waals surface area contributed by atoms with Crippen molar-refractivity contribution in [3.63, 3.8) is 0 Å². The summed E-state index contributed by atoms with van der Waals surface area (Å²) in [6.07, 6.45) is 3.91. The Balaban J connectivity index is 1.77. The SMILES string of the molecule is CC1(N)CCCCC1C(=O)Nc1ccc2n[nH]nc2c1. The topological polar surface area (TPSA) is 96.7 Å². The molecule has 2 atom stereocenters. The Hall–Kier alpha value is -1.95. The van der Waals surface area contributed by atoms with Crippen LogP contribution in [-0.2, 0) is 4.79 Å². The van der Waals surface area contributed by atoms with Gasteiger partial charge in [-0.05, 0) is 38.0 Å². The molecule has 2 aromatic rings. The van der Waals surface area contributed by atoms with Crippen molar-refractivity contribution in [3.8, 4) is 0 Å². The molecule has 3 rings (SSSR count). The van der Waals surface area contributed by atoms with Crippen LogP contribution in [0.2, 0.25) is 0 Å². The number of aromatic nitrogens is 3. The molecule has 6 nitrogen and oxygen atoms in total. The number of hydrogen-bond donors (Lipinski definition) is 3. The number of fused-ring (bicyclic) bond motifs is 1. The zero-order valence-electron chi connectivity index (χ0n) is 11.5. The second-order valence-corrected chi connectivity index (χ2v) is 5.82. The van der Waals surface area contributed by atoms with Crippen LogP contribution < -0.4 is 11.1 Å². The van der Waals surface area contributed by atoms with E-state index in [0.717, 1.165) is 42.4 Å². The summed E-state index contributed by atoms with van der Waals surface area (Å²) in [5.74, 6) is -0.137. The van der Waals surface area contributed by atoms with E-state index in [1.807, 2.05) is 25.1 Å². The fourth-order valence-corrected chi connectivity index (χ4v) is 2.94. The van der Waals surface area contributed by atoms with Gasteiger partial charge in [-0.3, -0.25) is 4.79 Å². The van der Waals surface area contributed by atoms with E-state index in [0.29, 0.717) is 0 Å². The van der Waals surface area contributed by atoms with Crippen LogP contribution in [0.1, 0.15) is 32.6 Å². The minimum absolute atomic E-state index is 0.00227. The summed E-state index contributed by atoms with van der Waals surface area (Å²) in [5.41, 5.74) is 8.10. The van der Waals surface area contributed by atoms with Crippen molar-refractivity contribution >= 4 is 22.6 Å². The zero-order chi connectivity index (χ0) is 14.2. The van der Waals surface area contributed by atoms with Crippen LogP contribution in [0, 0.1) is 5.92 Å². The molecule has 0 aliphatic heterocycles. The number of carbonyl (C=O) groups excluding carboxylic acids is 1. The summed E-state index contributed by atoms with van der Waals surface area (Å²) < 4.78 is 0. The molecule has 1 aromatic heterocycles. The molecular weight excluding hydrogens is 254 g/mol. The molecule has 0 spiro atoms. The van der Waals surface area contributed by atoms with Gasteiger partial charge in [0.15, 0.2) is 0 Å². The molecule has 1 saturated carbocycles. The first kappa shape index (κ1) is 13.1. The Bertz CT molecular complexity index is 633. The molecule has 1 amide bonds. The normalized spacial score (nSPS) is 26.6. The van der Waals surface area contributed by atoms with E-state index in [1.54, 1.807) is 0 Å². The van der Waals surface area contributed by atoms with Gasteiger partial charge in [0, 0.05) is 11.2 Å². The van der Waals surface area contributed by atoms with Gasteiger partial charge < -0.3 is 11.1 Å². The van der Waals surface area contributed by atoms with Crippen LogP contribution in [0.25, 0.3) is 11.0 Å². The van der Waals surface area contributed by atoms with E-state index in [-0.39, 0.29) is 11.8 Å². The molecule has 1 aliphatic carbocycles. The molecule has 106 valence electrons. The van der Waals surface area contributed by atoms with Gasteiger partial charge in [-0.25, -0.2) is 0 Å². The monoisotopic (exact) mass is 273 g/mol. The number of hydrogen-bond acceptors (Lipinski definition) is 4. The van der Waals surface area contributed by atoms with Crippen molar-refractivity contribution in [2.45, 2.75) is 38.1 Å². The van der Waals surface area contributed by atoms with Gasteiger partial charge in [-0.1, -0.05) is 12.8 Å². The van der Waals surface area contributed by atoms with Crippen molar-refractivity contribution in [1.29, 1.82) is 0 Å². The second-order valence-electron chi connectivity index (χ2n) is 5.82. The lowest BCUT2D eigenvalue weighted by Crippen LogP contribution is -2.51. The number of anilines is 1. The maximum Gasteiger partial charge on any atom is 0.229 e. The van der Waals surface area contributed by atoms with E-state index in [4.69, 9.17) is 5.73 Å². The van der Waals surface area contributed by atoms with Crippen LogP contribution in [0.3, 0.4) is 0 Å². The quantitative estimate of drug-likeness (QED) is 0.777. The fourth-order valence-electron chi connectivity index (χ4n) is 2.94. The molecule has 1 aromatic carbocycles. The molecule has 0 bridgehead atoms. The van der Waals surface area contributed by atoms with Gasteiger partial charge in [-0.15, -0.1) is 0 Å². The first-order valence-corrected chi connectivity index (χ1v) is 6.96. The third-order valence-electron chi connectivity index (χ3n) is 4.15. The maximum absolute atomic E-state index is 12.4. The summed E-state index contributed by atoms with van der Waals surface area (Å²) in [6, 6.07) is 5.48. The number of aromatic amines is 1. The van der Waals surface area contributed by atoms with Crippen LogP contribution in [-0.4, -0.2) is 26.9 Å². The minimum Gasteiger partial charge on any atom is -0.326 e. The van der Waals surface area contributed by atoms with Gasteiger partial charge in [0.05, 0.1) is 5.92 Å². The highest BCUT2D eigenvalue weighted by Gasteiger charge is 2.37. The lowest BCUT2D eigenvalue weighted by molar-refractivity contribution is -0.122. The van der Waals surface area contributed by atoms with E-state index >= 15 is 0 Å². The van der Waals surface area contributed by atoms with E-state index < -0.39 is 5.54 Å². The van der Waals surface area contributed by atoms with Crippen molar-refractivity contribution in [2.75, 3.05) is 5.32 Å². The number of rotatable bonds is 2. The highest BCUT2D eigenvalue weighted by Crippen LogP contribution is 2.32. The summed E-state index contributed by atoms with van der Waals surface area (Å²) in [4.78, 5) is 12.4. The zero-order valence-corrected chi connectivity index (χ0v) is 11.5. The van der Waals surface area contributed by atoms with Crippen molar-refractivity contribution in [1.82, 2.24) is 15.4 Å². The average Bonchev–Trinajstić information content (AvgIpc) is 2.85. The highest BCUT2D eigenvalue weighted by molar-refractivity contribution is 5.95. The molecule has 6 heteroatoms. The predicted octanol–water partition coefficient (Wildman–Crippen LogP) is 1.80. The molecular formula is C14H19N5O. The maximum atomic E-state index is 12.4. The number of nitrogens with one attached hydrogen (secondary N) is 2. The molecule has 1 heterocycles. The Kier molecular flexibility index (Phi) is 3.17. The summed E-state index contributed by atoms with van der Waals surface area (Å²) >= 11 is 0. The van der Waals surface area contributed by atoms with Gasteiger partial charge >= 0.3 is 0 Å². The largest absolute Gasteiger partial charge is 0.326 e. The van der Waals surface area contributed by atoms with Crippen LogP contribution in [0.5, 0.6) is 0 Å². The van der Waals surface area contributed by atoms with Gasteiger partial charge in [0.25, 0.3) is 0 Å². The molecule has 20 heavy (non-hydrogen) atoms. The highest BCUT2D eigenvalue weighted by atomic mass is 16.1. The van der Waals surface area contributed by atoms with Crippen molar-refractivity contribution in [3.05, 3.63) is 18.2 Å². The number of benzene rings is 1. The summed E-state index contributed by atoms with van der Waals surface area (Å²) in [6.45, 7) is 1.97. The van der Waals surface area contributed by atoms with Crippen molar-refractivity contribution in [2.24, 2.45) is 11.7 Å². The van der Waals surface area contributed by atoms with E-state index in [1.165, 1.54) is 0 Å². The number of carbonyl (C=O) groups is 1. The van der Waals surface area contributed by atoms with Crippen molar-refractivity contribution < 1.29 is 4.79 Å². The smallest absolute Gasteiger partial charge is 0.229 e. The molecule has 1 fully saturated rings. The van der Waals surface area contributed by atoms with E-state index in [2.05, 4.69) is 20.7 Å². The number of H-pyrrole nitrogens is 1. The average molecular weight is 273 g/mol. The van der Waals surface area contributed by atoms with Gasteiger partial charge in [0.1, 0.15) is 11.0 Å². The number of nitrogens with two attached hydrogens (primary N) is 1. The Morgan fingerprint density at radius 3 is 3.00 bits per heavy atom. The van der Waals surface area contributed by atoms with Crippen LogP contribution in [0.15, 0.2) is 18.2 Å². The summed E-state index contributed by atoms with van der Waals surface area (Å²) in [5, 5.41) is 13.5. The lowest BCUT2D eigenvalue weighted by atomic mass is 9.74. The summed E-state index contributed by atoms with van der Waals surface area (Å²) in [7, 11) is 0. The van der Waals surface area contributed by atoms with E-state index in [9.17, 15) is 4.79 Å². The van der Waals surface area contributed by atoms with Gasteiger partial charge in [-0.2, -0.15) is 15.4 Å². The molecule has 0 radical (unpaired) electrons. The third kappa shape index (κ3) is 2.38. The first-order valence-electron chi connectivity index (χ1n) is 6.96. The number of amides is 1. The van der Waals surface area contributed by atoms with Crippen LogP contribution in [0.4, 0.5) is 5.69 Å². The Labute approximate surface area is 117 Å². The lowest BCUT2D eigenvalue weighted by Gasteiger charge is -2.37. The van der Waals surface area contributed by atoms with Crippen LogP contribution >= 0.6 is 0 Å². The predicted molar refractivity (Wildman–Crippen MR) is 77.1 cm³/mol. The molecule has 0 saturated heterocycles. The third-order valence-corrected chi connectivity index (χ3v) is 4.15. The molecule has 1 aliphatic rings. The number of nitrogens with zero attached hydrogens (tertiary/aromatic N) is 2. The standard InChI is InChI=1S/C14H19N5O/c1-14(15)7-3-2-4-10(14)13(20)16-9-5-6-11-12(8-9)18-19-17-11/h5-6,8,10H,2-4,7,15H2,1H3,(H,16,20)(H,17,18,19). The molecule has 2 unspecified atom stereocenters. The minimum atomic E-state index is -0.416. The molecule has 4 N–H and O–H groups in total. The first-order chi connectivity index (χ1) is 9.56. The Morgan fingerprint density at radius 2 is 2.20 bits per heavy atom. The second kappa shape index (κ2) is 4.86. The Morgan fingerprint density at radius 1 is 1.40 bits per heavy atom.